The smallest absolute Gasteiger partial charge is 0.240 e. The van der Waals surface area contributed by atoms with Crippen molar-refractivity contribution in [2.75, 3.05) is 33.4 Å². The molecular weight excluding hydrogens is 434 g/mol. The van der Waals surface area contributed by atoms with Gasteiger partial charge in [-0.3, -0.25) is 24.3 Å². The first kappa shape index (κ1) is 25.4. The van der Waals surface area contributed by atoms with Crippen LogP contribution in [0, 0.1) is 0 Å². The number of methoxy groups -OCH3 is 1. The Morgan fingerprint density at radius 3 is 2.56 bits per heavy atom. The molecule has 0 unspecified atom stereocenters. The van der Waals surface area contributed by atoms with Crippen molar-refractivity contribution in [3.63, 3.8) is 0 Å². The SMILES string of the molecule is COCCN(C(=O)C[C@]1(c2ccccc2)CC(=O)N(CCCOc2cccnc2)C1=O)C(C)C. The van der Waals surface area contributed by atoms with Crippen LogP contribution in [0.3, 0.4) is 0 Å². The highest BCUT2D eigenvalue weighted by Crippen LogP contribution is 2.40. The number of carbonyl (C=O) groups is 3. The molecule has 8 heteroatoms. The van der Waals surface area contributed by atoms with E-state index in [9.17, 15) is 14.4 Å². The van der Waals surface area contributed by atoms with Crippen LogP contribution in [-0.4, -0.2) is 72.0 Å². The van der Waals surface area contributed by atoms with Gasteiger partial charge in [-0.2, -0.15) is 0 Å². The van der Waals surface area contributed by atoms with Gasteiger partial charge in [0, 0.05) is 45.3 Å². The number of hydrogen-bond acceptors (Lipinski definition) is 6. The summed E-state index contributed by atoms with van der Waals surface area (Å²) < 4.78 is 10.8. The second-order valence-corrected chi connectivity index (χ2v) is 8.72. The highest BCUT2D eigenvalue weighted by Gasteiger charge is 2.53. The zero-order valence-electron chi connectivity index (χ0n) is 20.1. The molecule has 2 aromatic rings. The molecule has 0 saturated carbocycles. The van der Waals surface area contributed by atoms with E-state index in [0.717, 1.165) is 0 Å². The van der Waals surface area contributed by atoms with Gasteiger partial charge in [0.15, 0.2) is 0 Å². The second-order valence-electron chi connectivity index (χ2n) is 8.72. The molecule has 0 N–H and O–H groups in total. The van der Waals surface area contributed by atoms with Crippen molar-refractivity contribution in [1.82, 2.24) is 14.8 Å². The van der Waals surface area contributed by atoms with Crippen LogP contribution in [0.2, 0.25) is 0 Å². The predicted molar refractivity (Wildman–Crippen MR) is 127 cm³/mol. The Bertz CT molecular complexity index is 967. The molecule has 3 rings (SSSR count). The minimum absolute atomic E-state index is 0.0265. The maximum atomic E-state index is 13.7. The van der Waals surface area contributed by atoms with E-state index in [4.69, 9.17) is 9.47 Å². The fourth-order valence-electron chi connectivity index (χ4n) is 4.32. The van der Waals surface area contributed by atoms with Crippen LogP contribution < -0.4 is 4.74 Å². The molecule has 182 valence electrons. The molecule has 1 aromatic carbocycles. The summed E-state index contributed by atoms with van der Waals surface area (Å²) in [5, 5.41) is 0. The largest absolute Gasteiger partial charge is 0.492 e. The summed E-state index contributed by atoms with van der Waals surface area (Å²) in [6.07, 6.45) is 3.67. The Morgan fingerprint density at radius 2 is 1.91 bits per heavy atom. The topological polar surface area (TPSA) is 89.0 Å². The first-order valence-corrected chi connectivity index (χ1v) is 11.6. The van der Waals surface area contributed by atoms with Gasteiger partial charge in [0.25, 0.3) is 0 Å². The van der Waals surface area contributed by atoms with Gasteiger partial charge < -0.3 is 14.4 Å². The van der Waals surface area contributed by atoms with E-state index in [1.807, 2.05) is 44.2 Å². The van der Waals surface area contributed by atoms with E-state index >= 15 is 0 Å². The molecule has 1 atom stereocenters. The van der Waals surface area contributed by atoms with Gasteiger partial charge in [0.05, 0.1) is 24.8 Å². The molecule has 34 heavy (non-hydrogen) atoms. The fraction of sp³-hybridized carbons (Fsp3) is 0.462. The number of hydrogen-bond donors (Lipinski definition) is 0. The molecule has 0 bridgehead atoms. The average Bonchev–Trinajstić information content (AvgIpc) is 3.07. The van der Waals surface area contributed by atoms with Crippen molar-refractivity contribution in [2.45, 2.75) is 44.6 Å². The summed E-state index contributed by atoms with van der Waals surface area (Å²) in [5.74, 6) is -0.126. The molecule has 1 aromatic heterocycles. The van der Waals surface area contributed by atoms with E-state index in [-0.39, 0.29) is 43.1 Å². The Balaban J connectivity index is 1.76. The van der Waals surface area contributed by atoms with Crippen molar-refractivity contribution in [2.24, 2.45) is 0 Å². The molecule has 1 aliphatic rings. The van der Waals surface area contributed by atoms with Gasteiger partial charge in [-0.1, -0.05) is 30.3 Å². The number of amides is 3. The summed E-state index contributed by atoms with van der Waals surface area (Å²) in [6.45, 7) is 5.27. The molecule has 0 aliphatic carbocycles. The number of carbonyl (C=O) groups excluding carboxylic acids is 3. The molecule has 8 nitrogen and oxygen atoms in total. The number of nitrogens with zero attached hydrogens (tertiary/aromatic N) is 3. The molecule has 1 saturated heterocycles. The Morgan fingerprint density at radius 1 is 1.15 bits per heavy atom. The minimum atomic E-state index is -1.21. The lowest BCUT2D eigenvalue weighted by Gasteiger charge is -2.32. The van der Waals surface area contributed by atoms with Crippen LogP contribution in [0.4, 0.5) is 0 Å². The van der Waals surface area contributed by atoms with Crippen LogP contribution in [0.15, 0.2) is 54.9 Å². The summed E-state index contributed by atoms with van der Waals surface area (Å²) in [7, 11) is 1.59. The van der Waals surface area contributed by atoms with Crippen molar-refractivity contribution >= 4 is 17.7 Å². The standard InChI is InChI=1S/C26H33N3O5/c1-20(2)28(14-16-33-3)23(30)17-26(21-9-5-4-6-10-21)18-24(31)29(25(26)32)13-8-15-34-22-11-7-12-27-19-22/h4-7,9-12,19-20H,8,13-18H2,1-3H3/t26-/m1/s1. The molecule has 1 aliphatic heterocycles. The van der Waals surface area contributed by atoms with E-state index in [0.29, 0.717) is 37.5 Å². The lowest BCUT2D eigenvalue weighted by Crippen LogP contribution is -2.46. The van der Waals surface area contributed by atoms with Crippen LogP contribution in [-0.2, 0) is 24.5 Å². The van der Waals surface area contributed by atoms with Crippen LogP contribution in [0.25, 0.3) is 0 Å². The third-order valence-corrected chi connectivity index (χ3v) is 6.10. The summed E-state index contributed by atoms with van der Waals surface area (Å²) >= 11 is 0. The molecule has 2 heterocycles. The van der Waals surface area contributed by atoms with Crippen LogP contribution in [0.1, 0.15) is 38.7 Å². The molecule has 0 radical (unpaired) electrons. The van der Waals surface area contributed by atoms with Crippen molar-refractivity contribution in [3.05, 3.63) is 60.4 Å². The van der Waals surface area contributed by atoms with Gasteiger partial charge >= 0.3 is 0 Å². The van der Waals surface area contributed by atoms with Gasteiger partial charge in [0.1, 0.15) is 5.75 Å². The van der Waals surface area contributed by atoms with Crippen LogP contribution in [0.5, 0.6) is 5.75 Å². The Hall–Kier alpha value is -3.26. The lowest BCUT2D eigenvalue weighted by atomic mass is 9.75. The lowest BCUT2D eigenvalue weighted by molar-refractivity contribution is -0.143. The predicted octanol–water partition coefficient (Wildman–Crippen LogP) is 2.82. The van der Waals surface area contributed by atoms with Gasteiger partial charge in [0.2, 0.25) is 17.7 Å². The number of ether oxygens (including phenoxy) is 2. The molecule has 1 fully saturated rings. The molecule has 3 amide bonds. The molecule has 0 spiro atoms. The van der Waals surface area contributed by atoms with Crippen molar-refractivity contribution in [1.29, 1.82) is 0 Å². The maximum Gasteiger partial charge on any atom is 0.240 e. The van der Waals surface area contributed by atoms with E-state index < -0.39 is 5.41 Å². The Labute approximate surface area is 200 Å². The number of likely N-dealkylation sites (tertiary alicyclic amines) is 1. The number of imide groups is 1. The van der Waals surface area contributed by atoms with Crippen molar-refractivity contribution < 1.29 is 23.9 Å². The first-order chi connectivity index (χ1) is 16.4. The summed E-state index contributed by atoms with van der Waals surface area (Å²) in [5.41, 5.74) is -0.522. The fourth-order valence-corrected chi connectivity index (χ4v) is 4.32. The van der Waals surface area contributed by atoms with E-state index in [1.54, 1.807) is 36.5 Å². The maximum absolute atomic E-state index is 13.7. The first-order valence-electron chi connectivity index (χ1n) is 11.6. The van der Waals surface area contributed by atoms with E-state index in [2.05, 4.69) is 4.98 Å². The monoisotopic (exact) mass is 467 g/mol. The third kappa shape index (κ3) is 5.80. The van der Waals surface area contributed by atoms with Crippen molar-refractivity contribution in [3.8, 4) is 5.75 Å². The van der Waals surface area contributed by atoms with E-state index in [1.165, 1.54) is 4.90 Å². The summed E-state index contributed by atoms with van der Waals surface area (Å²) in [6, 6.07) is 12.7. The highest BCUT2D eigenvalue weighted by atomic mass is 16.5. The quantitative estimate of drug-likeness (QED) is 0.352. The molecular formula is C26H33N3O5. The average molecular weight is 468 g/mol. The number of aromatic nitrogens is 1. The second kappa shape index (κ2) is 11.7. The zero-order chi connectivity index (χ0) is 24.6. The van der Waals surface area contributed by atoms with Gasteiger partial charge in [-0.15, -0.1) is 0 Å². The normalized spacial score (nSPS) is 17.9. The minimum Gasteiger partial charge on any atom is -0.492 e. The number of pyridine rings is 1. The number of benzene rings is 1. The zero-order valence-corrected chi connectivity index (χ0v) is 20.1. The summed E-state index contributed by atoms with van der Waals surface area (Å²) in [4.78, 5) is 47.1. The Kier molecular flexibility index (Phi) is 8.76. The van der Waals surface area contributed by atoms with Gasteiger partial charge in [-0.25, -0.2) is 0 Å². The highest BCUT2D eigenvalue weighted by molar-refractivity contribution is 6.10. The third-order valence-electron chi connectivity index (χ3n) is 6.10. The van der Waals surface area contributed by atoms with Crippen LogP contribution >= 0.6 is 0 Å². The van der Waals surface area contributed by atoms with Gasteiger partial charge in [-0.05, 0) is 38.0 Å². The number of rotatable bonds is 12.